The molecule has 0 N–H and O–H groups in total. The third-order valence-electron chi connectivity index (χ3n) is 2.86. The molecule has 0 saturated heterocycles. The van der Waals surface area contributed by atoms with Crippen LogP contribution in [0.25, 0.3) is 0 Å². The number of ketones is 1. The van der Waals surface area contributed by atoms with Crippen molar-refractivity contribution in [1.29, 1.82) is 0 Å². The van der Waals surface area contributed by atoms with Crippen molar-refractivity contribution in [3.63, 3.8) is 0 Å². The summed E-state index contributed by atoms with van der Waals surface area (Å²) in [6.07, 6.45) is 1.69. The molecule has 4 heteroatoms. The van der Waals surface area contributed by atoms with Crippen LogP contribution in [0, 0.1) is 11.8 Å². The molecule has 0 saturated carbocycles. The summed E-state index contributed by atoms with van der Waals surface area (Å²) in [4.78, 5) is 13.0. The second-order valence-corrected chi connectivity index (χ2v) is 7.32. The molecule has 3 nitrogen and oxygen atoms in total. The van der Waals surface area contributed by atoms with Gasteiger partial charge in [0.25, 0.3) is 0 Å². The van der Waals surface area contributed by atoms with E-state index in [1.54, 1.807) is 0 Å². The fourth-order valence-electron chi connectivity index (χ4n) is 2.16. The van der Waals surface area contributed by atoms with E-state index in [4.69, 9.17) is 0 Å². The van der Waals surface area contributed by atoms with Gasteiger partial charge in [0.1, 0.15) is 4.88 Å². The van der Waals surface area contributed by atoms with Gasteiger partial charge in [-0.1, -0.05) is 46.0 Å². The Morgan fingerprint density at radius 1 is 1.28 bits per heavy atom. The van der Waals surface area contributed by atoms with E-state index in [0.29, 0.717) is 18.3 Å². The highest BCUT2D eigenvalue weighted by atomic mass is 32.1. The van der Waals surface area contributed by atoms with Crippen molar-refractivity contribution in [2.75, 3.05) is 0 Å². The van der Waals surface area contributed by atoms with Gasteiger partial charge in [0.2, 0.25) is 0 Å². The minimum atomic E-state index is -0.112. The standard InChI is InChI=1S/C14H24N2OS/c1-9(2)7-10(3)8-11(17)12-13(14(4,5)6)15-16-18-12/h9-10H,7-8H2,1-6H3. The zero-order valence-electron chi connectivity index (χ0n) is 12.3. The van der Waals surface area contributed by atoms with Crippen LogP contribution in [0.1, 0.15) is 69.7 Å². The summed E-state index contributed by atoms with van der Waals surface area (Å²) in [5, 5.41) is 4.12. The summed E-state index contributed by atoms with van der Waals surface area (Å²) in [6.45, 7) is 12.7. The average molecular weight is 268 g/mol. The first-order chi connectivity index (χ1) is 8.21. The molecule has 1 aromatic heterocycles. The fourth-order valence-corrected chi connectivity index (χ4v) is 2.98. The van der Waals surface area contributed by atoms with Crippen molar-refractivity contribution < 1.29 is 4.79 Å². The Morgan fingerprint density at radius 3 is 2.39 bits per heavy atom. The van der Waals surface area contributed by atoms with E-state index < -0.39 is 0 Å². The van der Waals surface area contributed by atoms with Gasteiger partial charge in [0, 0.05) is 11.8 Å². The number of hydrogen-bond donors (Lipinski definition) is 0. The van der Waals surface area contributed by atoms with Crippen molar-refractivity contribution in [2.45, 2.75) is 59.8 Å². The lowest BCUT2D eigenvalue weighted by Crippen LogP contribution is -2.17. The molecular formula is C14H24N2OS. The van der Waals surface area contributed by atoms with E-state index >= 15 is 0 Å². The maximum atomic E-state index is 12.3. The van der Waals surface area contributed by atoms with Crippen LogP contribution in [0.3, 0.4) is 0 Å². The summed E-state index contributed by atoms with van der Waals surface area (Å²) in [5.41, 5.74) is 0.730. The van der Waals surface area contributed by atoms with Gasteiger partial charge in [-0.05, 0) is 29.8 Å². The predicted molar refractivity (Wildman–Crippen MR) is 76.2 cm³/mol. The third kappa shape index (κ3) is 4.16. The molecule has 0 aliphatic heterocycles. The fraction of sp³-hybridized carbons (Fsp3) is 0.786. The van der Waals surface area contributed by atoms with Crippen LogP contribution in [0.4, 0.5) is 0 Å². The molecular weight excluding hydrogens is 244 g/mol. The van der Waals surface area contributed by atoms with E-state index in [1.807, 2.05) is 0 Å². The Bertz CT molecular complexity index is 404. The van der Waals surface area contributed by atoms with Gasteiger partial charge in [-0.25, -0.2) is 0 Å². The Labute approximate surface area is 114 Å². The minimum absolute atomic E-state index is 0.112. The van der Waals surface area contributed by atoms with Crippen LogP contribution in [0.5, 0.6) is 0 Å². The SMILES string of the molecule is CC(C)CC(C)CC(=O)c1snnc1C(C)(C)C. The van der Waals surface area contributed by atoms with Gasteiger partial charge in [-0.15, -0.1) is 5.10 Å². The molecule has 102 valence electrons. The van der Waals surface area contributed by atoms with Gasteiger partial charge in [0.05, 0.1) is 5.69 Å². The Balaban J connectivity index is 2.77. The molecule has 1 rings (SSSR count). The van der Waals surface area contributed by atoms with E-state index in [1.165, 1.54) is 11.5 Å². The number of rotatable bonds is 5. The van der Waals surface area contributed by atoms with Crippen molar-refractivity contribution >= 4 is 17.3 Å². The van der Waals surface area contributed by atoms with E-state index in [0.717, 1.165) is 17.0 Å². The summed E-state index contributed by atoms with van der Waals surface area (Å²) in [5.74, 6) is 1.25. The number of nitrogens with zero attached hydrogens (tertiary/aromatic N) is 2. The lowest BCUT2D eigenvalue weighted by Gasteiger charge is -2.17. The number of carbonyl (C=O) groups is 1. The zero-order chi connectivity index (χ0) is 13.9. The maximum Gasteiger partial charge on any atom is 0.176 e. The Kier molecular flexibility index (Phi) is 5.02. The summed E-state index contributed by atoms with van der Waals surface area (Å²) in [6, 6.07) is 0. The van der Waals surface area contributed by atoms with E-state index in [-0.39, 0.29) is 11.2 Å². The molecule has 0 amide bonds. The number of aromatic nitrogens is 2. The molecule has 1 aromatic rings. The average Bonchev–Trinajstić information content (AvgIpc) is 2.62. The van der Waals surface area contributed by atoms with Crippen molar-refractivity contribution in [2.24, 2.45) is 11.8 Å². The molecule has 1 atom stereocenters. The van der Waals surface area contributed by atoms with Crippen LogP contribution in [0.15, 0.2) is 0 Å². The van der Waals surface area contributed by atoms with Gasteiger partial charge in [0.15, 0.2) is 5.78 Å². The molecule has 0 spiro atoms. The molecule has 1 heterocycles. The molecule has 0 aromatic carbocycles. The molecule has 0 radical (unpaired) electrons. The van der Waals surface area contributed by atoms with Gasteiger partial charge < -0.3 is 0 Å². The molecule has 0 fully saturated rings. The first kappa shape index (κ1) is 15.3. The predicted octanol–water partition coefficient (Wildman–Crippen LogP) is 4.09. The number of hydrogen-bond acceptors (Lipinski definition) is 4. The highest BCUT2D eigenvalue weighted by Gasteiger charge is 2.26. The van der Waals surface area contributed by atoms with Crippen LogP contribution in [0.2, 0.25) is 0 Å². The van der Waals surface area contributed by atoms with Crippen molar-refractivity contribution in [1.82, 2.24) is 9.59 Å². The zero-order valence-corrected chi connectivity index (χ0v) is 13.1. The van der Waals surface area contributed by atoms with Crippen molar-refractivity contribution in [3.05, 3.63) is 10.6 Å². The Hall–Kier alpha value is -0.770. The highest BCUT2D eigenvalue weighted by Crippen LogP contribution is 2.28. The molecule has 0 aliphatic carbocycles. The van der Waals surface area contributed by atoms with Gasteiger partial charge in [-0.2, -0.15) is 0 Å². The van der Waals surface area contributed by atoms with Crippen LogP contribution < -0.4 is 0 Å². The first-order valence-corrected chi connectivity index (χ1v) is 7.35. The quantitative estimate of drug-likeness (QED) is 0.755. The first-order valence-electron chi connectivity index (χ1n) is 6.57. The van der Waals surface area contributed by atoms with E-state index in [2.05, 4.69) is 51.1 Å². The monoisotopic (exact) mass is 268 g/mol. The third-order valence-corrected chi connectivity index (χ3v) is 3.63. The smallest absolute Gasteiger partial charge is 0.176 e. The highest BCUT2D eigenvalue weighted by molar-refractivity contribution is 7.08. The Morgan fingerprint density at radius 2 is 1.89 bits per heavy atom. The molecule has 1 unspecified atom stereocenters. The normalized spacial score (nSPS) is 13.9. The molecule has 18 heavy (non-hydrogen) atoms. The van der Waals surface area contributed by atoms with Gasteiger partial charge >= 0.3 is 0 Å². The van der Waals surface area contributed by atoms with Crippen molar-refractivity contribution in [3.8, 4) is 0 Å². The number of carbonyl (C=O) groups excluding carboxylic acids is 1. The summed E-state index contributed by atoms with van der Waals surface area (Å²) >= 11 is 1.23. The summed E-state index contributed by atoms with van der Waals surface area (Å²) < 4.78 is 3.95. The lowest BCUT2D eigenvalue weighted by molar-refractivity contribution is 0.0961. The molecule has 0 bridgehead atoms. The maximum absolute atomic E-state index is 12.3. The number of Topliss-reactive ketones (excluding diaryl/α,β-unsaturated/α-hetero) is 1. The summed E-state index contributed by atoms with van der Waals surface area (Å²) in [7, 11) is 0. The second-order valence-electron chi connectivity index (χ2n) is 6.56. The largest absolute Gasteiger partial charge is 0.293 e. The van der Waals surface area contributed by atoms with Crippen LogP contribution in [-0.4, -0.2) is 15.4 Å². The topological polar surface area (TPSA) is 42.9 Å². The molecule has 0 aliphatic rings. The minimum Gasteiger partial charge on any atom is -0.293 e. The van der Waals surface area contributed by atoms with Crippen LogP contribution >= 0.6 is 11.5 Å². The van der Waals surface area contributed by atoms with E-state index in [9.17, 15) is 4.79 Å². The van der Waals surface area contributed by atoms with Gasteiger partial charge in [-0.3, -0.25) is 4.79 Å². The second kappa shape index (κ2) is 5.91. The van der Waals surface area contributed by atoms with Crippen LogP contribution in [-0.2, 0) is 5.41 Å². The lowest BCUT2D eigenvalue weighted by atomic mass is 9.88.